The monoisotopic (exact) mass is 344 g/mol. The second kappa shape index (κ2) is 7.90. The molecule has 0 saturated heterocycles. The first-order valence-electron chi connectivity index (χ1n) is 8.82. The number of likely N-dealkylation sites (N-methyl/N-ethyl adjacent to an activating group) is 1. The summed E-state index contributed by atoms with van der Waals surface area (Å²) in [6.45, 7) is 3.85. The summed E-state index contributed by atoms with van der Waals surface area (Å²) >= 11 is 0. The van der Waals surface area contributed by atoms with Crippen LogP contribution in [0.4, 0.5) is 11.4 Å². The van der Waals surface area contributed by atoms with E-state index >= 15 is 0 Å². The van der Waals surface area contributed by atoms with Crippen molar-refractivity contribution < 1.29 is 0 Å². The van der Waals surface area contributed by atoms with Gasteiger partial charge in [-0.2, -0.15) is 5.26 Å². The molecule has 2 aromatic carbocycles. The highest BCUT2D eigenvalue weighted by Crippen LogP contribution is 2.39. The minimum Gasteiger partial charge on any atom is -0.397 e. The van der Waals surface area contributed by atoms with Gasteiger partial charge in [0.1, 0.15) is 0 Å². The lowest BCUT2D eigenvalue weighted by molar-refractivity contribution is 0.385. The summed E-state index contributed by atoms with van der Waals surface area (Å²) in [7, 11) is 2.07. The molecule has 0 saturated carbocycles. The van der Waals surface area contributed by atoms with E-state index in [1.54, 1.807) is 0 Å². The Morgan fingerprint density at radius 3 is 2.46 bits per heavy atom. The van der Waals surface area contributed by atoms with Gasteiger partial charge in [0.15, 0.2) is 0 Å². The van der Waals surface area contributed by atoms with Crippen LogP contribution in [0.15, 0.2) is 78.0 Å². The number of rotatable bonds is 5. The molecule has 0 amide bonds. The topological polar surface area (TPSA) is 56.3 Å². The number of hydrogen-bond acceptors (Lipinski definition) is 4. The van der Waals surface area contributed by atoms with Crippen LogP contribution in [-0.4, -0.2) is 25.0 Å². The average molecular weight is 344 g/mol. The standard InChI is InChI=1S/C22H24N4/c1-3-25(2)15-17-13-19(14-23)22(18-9-5-4-6-10-18)26(16-17)21-12-8-7-11-20(21)24/h4-13,16,22H,3,15,24H2,1-2H3. The molecule has 0 bridgehead atoms. The molecule has 0 spiro atoms. The van der Waals surface area contributed by atoms with Gasteiger partial charge in [0.05, 0.1) is 29.1 Å². The third-order valence-electron chi connectivity index (χ3n) is 4.67. The Hall–Kier alpha value is -3.03. The van der Waals surface area contributed by atoms with Crippen LogP contribution in [0.25, 0.3) is 0 Å². The van der Waals surface area contributed by atoms with Gasteiger partial charge in [0.25, 0.3) is 0 Å². The third kappa shape index (κ3) is 3.63. The third-order valence-corrected chi connectivity index (χ3v) is 4.67. The van der Waals surface area contributed by atoms with Crippen molar-refractivity contribution in [1.82, 2.24) is 4.90 Å². The quantitative estimate of drug-likeness (QED) is 0.829. The minimum atomic E-state index is -0.179. The smallest absolute Gasteiger partial charge is 0.0973 e. The van der Waals surface area contributed by atoms with E-state index in [1.807, 2.05) is 48.5 Å². The Labute approximate surface area is 155 Å². The van der Waals surface area contributed by atoms with Crippen LogP contribution in [-0.2, 0) is 0 Å². The van der Waals surface area contributed by atoms with Gasteiger partial charge in [-0.3, -0.25) is 0 Å². The minimum absolute atomic E-state index is 0.179. The van der Waals surface area contributed by atoms with Crippen molar-refractivity contribution in [3.8, 4) is 6.07 Å². The van der Waals surface area contributed by atoms with Crippen molar-refractivity contribution >= 4 is 11.4 Å². The molecule has 1 heterocycles. The van der Waals surface area contributed by atoms with Crippen molar-refractivity contribution in [2.45, 2.75) is 13.0 Å². The van der Waals surface area contributed by atoms with Crippen LogP contribution in [0.3, 0.4) is 0 Å². The molecule has 26 heavy (non-hydrogen) atoms. The lowest BCUT2D eigenvalue weighted by Gasteiger charge is -2.35. The molecule has 1 aliphatic heterocycles. The van der Waals surface area contributed by atoms with Gasteiger partial charge in [-0.25, -0.2) is 0 Å². The summed E-state index contributed by atoms with van der Waals surface area (Å²) in [5.41, 5.74) is 10.8. The molecule has 0 aliphatic carbocycles. The zero-order valence-electron chi connectivity index (χ0n) is 15.3. The zero-order chi connectivity index (χ0) is 18.5. The van der Waals surface area contributed by atoms with Crippen LogP contribution in [0.1, 0.15) is 18.5 Å². The summed E-state index contributed by atoms with van der Waals surface area (Å²) in [6.07, 6.45) is 4.13. The van der Waals surface area contributed by atoms with E-state index in [-0.39, 0.29) is 6.04 Å². The summed E-state index contributed by atoms with van der Waals surface area (Å²) in [5.74, 6) is 0. The van der Waals surface area contributed by atoms with Gasteiger partial charge in [-0.05, 0) is 42.9 Å². The Balaban J connectivity index is 2.11. The number of hydrogen-bond donors (Lipinski definition) is 1. The highest BCUT2D eigenvalue weighted by atomic mass is 15.2. The van der Waals surface area contributed by atoms with Crippen LogP contribution >= 0.6 is 0 Å². The number of nitrogens with two attached hydrogens (primary N) is 1. The lowest BCUT2D eigenvalue weighted by atomic mass is 9.92. The number of anilines is 2. The SMILES string of the molecule is CCN(C)CC1=CN(c2ccccc2N)C(c2ccccc2)C(C#N)=C1. The largest absolute Gasteiger partial charge is 0.397 e. The van der Waals surface area contributed by atoms with Crippen LogP contribution < -0.4 is 10.6 Å². The van der Waals surface area contributed by atoms with Crippen LogP contribution in [0.5, 0.6) is 0 Å². The summed E-state index contributed by atoms with van der Waals surface area (Å²) in [5, 5.41) is 9.85. The molecule has 2 aromatic rings. The summed E-state index contributed by atoms with van der Waals surface area (Å²) < 4.78 is 0. The van der Waals surface area contributed by atoms with E-state index in [0.717, 1.165) is 35.5 Å². The van der Waals surface area contributed by atoms with Crippen molar-refractivity contribution in [3.05, 3.63) is 83.6 Å². The van der Waals surface area contributed by atoms with Gasteiger partial charge < -0.3 is 15.5 Å². The van der Waals surface area contributed by atoms with Crippen molar-refractivity contribution in [2.24, 2.45) is 0 Å². The summed E-state index contributed by atoms with van der Waals surface area (Å²) in [4.78, 5) is 4.34. The molecular weight excluding hydrogens is 320 g/mol. The van der Waals surface area contributed by atoms with Gasteiger partial charge in [-0.1, -0.05) is 49.4 Å². The number of nitrogens with zero attached hydrogens (tertiary/aromatic N) is 3. The van der Waals surface area contributed by atoms with Gasteiger partial charge in [0, 0.05) is 12.7 Å². The maximum Gasteiger partial charge on any atom is 0.0973 e. The molecule has 4 heteroatoms. The van der Waals surface area contributed by atoms with Gasteiger partial charge in [0.2, 0.25) is 0 Å². The van der Waals surface area contributed by atoms with E-state index in [4.69, 9.17) is 5.73 Å². The molecule has 0 aromatic heterocycles. The normalized spacial score (nSPS) is 16.8. The highest BCUT2D eigenvalue weighted by Gasteiger charge is 2.28. The molecule has 4 nitrogen and oxygen atoms in total. The predicted molar refractivity (Wildman–Crippen MR) is 107 cm³/mol. The number of nitriles is 1. The number of nitrogen functional groups attached to an aromatic ring is 1. The second-order valence-corrected chi connectivity index (χ2v) is 6.53. The zero-order valence-corrected chi connectivity index (χ0v) is 15.3. The van der Waals surface area contributed by atoms with E-state index in [2.05, 4.69) is 48.2 Å². The summed E-state index contributed by atoms with van der Waals surface area (Å²) in [6, 6.07) is 20.1. The van der Waals surface area contributed by atoms with Gasteiger partial charge >= 0.3 is 0 Å². The number of benzene rings is 2. The highest BCUT2D eigenvalue weighted by molar-refractivity contribution is 5.72. The van der Waals surface area contributed by atoms with Crippen molar-refractivity contribution in [2.75, 3.05) is 30.8 Å². The van der Waals surface area contributed by atoms with E-state index in [9.17, 15) is 5.26 Å². The van der Waals surface area contributed by atoms with Crippen LogP contribution in [0.2, 0.25) is 0 Å². The molecule has 1 atom stereocenters. The molecular formula is C22H24N4. The second-order valence-electron chi connectivity index (χ2n) is 6.53. The first kappa shape index (κ1) is 17.8. The van der Waals surface area contributed by atoms with Crippen LogP contribution in [0, 0.1) is 11.3 Å². The molecule has 0 radical (unpaired) electrons. The maximum atomic E-state index is 9.85. The predicted octanol–water partition coefficient (Wildman–Crippen LogP) is 4.12. The molecule has 3 rings (SSSR count). The lowest BCUT2D eigenvalue weighted by Crippen LogP contribution is -2.31. The first-order chi connectivity index (χ1) is 12.6. The Kier molecular flexibility index (Phi) is 5.40. The van der Waals surface area contributed by atoms with E-state index < -0.39 is 0 Å². The Bertz CT molecular complexity index is 861. The fourth-order valence-electron chi connectivity index (χ4n) is 3.23. The average Bonchev–Trinajstić information content (AvgIpc) is 2.68. The first-order valence-corrected chi connectivity index (χ1v) is 8.82. The van der Waals surface area contributed by atoms with Crippen molar-refractivity contribution in [3.63, 3.8) is 0 Å². The molecule has 132 valence electrons. The number of para-hydroxylation sites is 2. The van der Waals surface area contributed by atoms with E-state index in [0.29, 0.717) is 5.69 Å². The fraction of sp³-hybridized carbons (Fsp3) is 0.227. The Morgan fingerprint density at radius 1 is 1.12 bits per heavy atom. The molecule has 1 unspecified atom stereocenters. The van der Waals surface area contributed by atoms with Crippen molar-refractivity contribution in [1.29, 1.82) is 5.26 Å². The van der Waals surface area contributed by atoms with E-state index in [1.165, 1.54) is 0 Å². The molecule has 0 fully saturated rings. The maximum absolute atomic E-state index is 9.85. The molecule has 1 aliphatic rings. The molecule has 2 N–H and O–H groups in total. The Morgan fingerprint density at radius 2 is 1.81 bits per heavy atom. The fourth-order valence-corrected chi connectivity index (χ4v) is 3.23. The van der Waals surface area contributed by atoms with Gasteiger partial charge in [-0.15, -0.1) is 0 Å².